The smallest absolute Gasteiger partial charge is 0.257 e. The van der Waals surface area contributed by atoms with Crippen LogP contribution < -0.4 is 4.90 Å². The molecule has 4 heterocycles. The second kappa shape index (κ2) is 8.38. The van der Waals surface area contributed by atoms with E-state index >= 15 is 0 Å². The molecule has 5 rings (SSSR count). The molecule has 0 aliphatic carbocycles. The number of aryl methyl sites for hydroxylation is 1. The first-order valence-electron chi connectivity index (χ1n) is 11.4. The van der Waals surface area contributed by atoms with E-state index in [9.17, 15) is 13.6 Å². The summed E-state index contributed by atoms with van der Waals surface area (Å²) in [5, 5.41) is 0. The van der Waals surface area contributed by atoms with Crippen molar-refractivity contribution in [1.82, 2.24) is 24.8 Å². The van der Waals surface area contributed by atoms with Gasteiger partial charge in [-0.25, -0.2) is 28.7 Å². The van der Waals surface area contributed by atoms with Gasteiger partial charge in [0.25, 0.3) is 5.91 Å². The van der Waals surface area contributed by atoms with Gasteiger partial charge in [0.15, 0.2) is 5.82 Å². The monoisotopic (exact) mass is 464 g/mol. The molecule has 7 nitrogen and oxygen atoms in total. The summed E-state index contributed by atoms with van der Waals surface area (Å²) in [6, 6.07) is 7.86. The molecule has 0 saturated carbocycles. The van der Waals surface area contributed by atoms with Gasteiger partial charge >= 0.3 is 0 Å². The lowest BCUT2D eigenvalue weighted by atomic mass is 10.0. The molecule has 1 aromatic carbocycles. The minimum Gasteiger partial charge on any atom is -0.340 e. The SMILES string of the molecule is Cc1cc(C(C)(C)F)nc(N2CC3CN(C(=O)c4c(F)cccc4-c4ncccn4)CC3C2)n1. The highest BCUT2D eigenvalue weighted by Crippen LogP contribution is 2.35. The third-order valence-electron chi connectivity index (χ3n) is 6.54. The number of amides is 1. The molecule has 9 heteroatoms. The van der Waals surface area contributed by atoms with Crippen molar-refractivity contribution >= 4 is 11.9 Å². The van der Waals surface area contributed by atoms with E-state index in [1.807, 2.05) is 6.92 Å². The molecule has 2 fully saturated rings. The first-order chi connectivity index (χ1) is 16.2. The Labute approximate surface area is 196 Å². The zero-order valence-corrected chi connectivity index (χ0v) is 19.4. The van der Waals surface area contributed by atoms with Crippen molar-refractivity contribution in [3.63, 3.8) is 0 Å². The van der Waals surface area contributed by atoms with E-state index in [0.29, 0.717) is 49.2 Å². The number of fused-ring (bicyclic) bond motifs is 1. The van der Waals surface area contributed by atoms with Gasteiger partial charge < -0.3 is 9.80 Å². The number of halogens is 2. The summed E-state index contributed by atoms with van der Waals surface area (Å²) in [6.45, 7) is 7.15. The van der Waals surface area contributed by atoms with Crippen molar-refractivity contribution in [3.05, 3.63) is 65.5 Å². The highest BCUT2D eigenvalue weighted by Gasteiger charge is 2.43. The number of carbonyl (C=O) groups excluding carboxylic acids is 1. The van der Waals surface area contributed by atoms with Crippen molar-refractivity contribution in [2.75, 3.05) is 31.1 Å². The van der Waals surface area contributed by atoms with Crippen LogP contribution in [0, 0.1) is 24.6 Å². The Morgan fingerprint density at radius 2 is 1.71 bits per heavy atom. The van der Waals surface area contributed by atoms with Gasteiger partial charge in [0, 0.05) is 61.7 Å². The van der Waals surface area contributed by atoms with Gasteiger partial charge in [-0.1, -0.05) is 12.1 Å². The highest BCUT2D eigenvalue weighted by molar-refractivity contribution is 6.00. The molecule has 0 radical (unpaired) electrons. The number of alkyl halides is 1. The van der Waals surface area contributed by atoms with Gasteiger partial charge in [-0.15, -0.1) is 0 Å². The number of hydrogen-bond acceptors (Lipinski definition) is 6. The molecule has 0 spiro atoms. The van der Waals surface area contributed by atoms with Crippen molar-refractivity contribution in [1.29, 1.82) is 0 Å². The van der Waals surface area contributed by atoms with E-state index in [0.717, 1.165) is 5.69 Å². The summed E-state index contributed by atoms with van der Waals surface area (Å²) in [5.41, 5.74) is -0.0867. The quantitative estimate of drug-likeness (QED) is 0.585. The summed E-state index contributed by atoms with van der Waals surface area (Å²) < 4.78 is 29.3. The molecular weight excluding hydrogens is 438 g/mol. The largest absolute Gasteiger partial charge is 0.340 e. The number of hydrogen-bond donors (Lipinski definition) is 0. The summed E-state index contributed by atoms with van der Waals surface area (Å²) >= 11 is 0. The maximum absolute atomic E-state index is 14.8. The van der Waals surface area contributed by atoms with Gasteiger partial charge in [-0.3, -0.25) is 4.79 Å². The van der Waals surface area contributed by atoms with Crippen LogP contribution in [0.1, 0.15) is 35.6 Å². The maximum atomic E-state index is 14.8. The van der Waals surface area contributed by atoms with Gasteiger partial charge in [0.05, 0.1) is 11.3 Å². The molecule has 176 valence electrons. The first-order valence-corrected chi connectivity index (χ1v) is 11.4. The minimum atomic E-state index is -1.55. The fraction of sp³-hybridized carbons (Fsp3) is 0.400. The summed E-state index contributed by atoms with van der Waals surface area (Å²) in [7, 11) is 0. The lowest BCUT2D eigenvalue weighted by Gasteiger charge is -2.24. The highest BCUT2D eigenvalue weighted by atomic mass is 19.1. The fourth-order valence-electron chi connectivity index (χ4n) is 4.85. The molecule has 0 bridgehead atoms. The van der Waals surface area contributed by atoms with Gasteiger partial charge in [0.1, 0.15) is 11.5 Å². The molecule has 2 saturated heterocycles. The molecule has 2 aliphatic heterocycles. The molecule has 1 amide bonds. The van der Waals surface area contributed by atoms with Gasteiger partial charge in [-0.05, 0) is 39.0 Å². The number of benzene rings is 1. The van der Waals surface area contributed by atoms with Crippen molar-refractivity contribution < 1.29 is 13.6 Å². The molecule has 3 aromatic rings. The zero-order valence-electron chi connectivity index (χ0n) is 19.4. The normalized spacial score (nSPS) is 20.0. The number of carbonyl (C=O) groups is 1. The molecule has 2 atom stereocenters. The third kappa shape index (κ3) is 4.10. The number of rotatable bonds is 4. The zero-order chi connectivity index (χ0) is 24.0. The van der Waals surface area contributed by atoms with E-state index in [1.54, 1.807) is 41.6 Å². The van der Waals surface area contributed by atoms with Crippen LogP contribution in [0.15, 0.2) is 42.7 Å². The lowest BCUT2D eigenvalue weighted by molar-refractivity contribution is 0.0778. The van der Waals surface area contributed by atoms with E-state index in [2.05, 4.69) is 24.8 Å². The summed E-state index contributed by atoms with van der Waals surface area (Å²) in [6.07, 6.45) is 3.14. The van der Waals surface area contributed by atoms with Crippen molar-refractivity contribution in [3.8, 4) is 11.4 Å². The van der Waals surface area contributed by atoms with E-state index in [1.165, 1.54) is 19.9 Å². The number of aromatic nitrogens is 4. The number of likely N-dealkylation sites (tertiary alicyclic amines) is 1. The lowest BCUT2D eigenvalue weighted by Crippen LogP contribution is -2.34. The van der Waals surface area contributed by atoms with Gasteiger partial charge in [-0.2, -0.15) is 0 Å². The fourth-order valence-corrected chi connectivity index (χ4v) is 4.85. The van der Waals surface area contributed by atoms with Crippen LogP contribution in [0.5, 0.6) is 0 Å². The first kappa shape index (κ1) is 22.3. The Morgan fingerprint density at radius 1 is 1.03 bits per heavy atom. The van der Waals surface area contributed by atoms with Crippen LogP contribution >= 0.6 is 0 Å². The Balaban J connectivity index is 1.34. The molecule has 2 aliphatic rings. The van der Waals surface area contributed by atoms with Crippen LogP contribution in [-0.4, -0.2) is 56.9 Å². The topological polar surface area (TPSA) is 75.1 Å². The van der Waals surface area contributed by atoms with Crippen LogP contribution in [0.4, 0.5) is 14.7 Å². The molecule has 0 N–H and O–H groups in total. The third-order valence-corrected chi connectivity index (χ3v) is 6.54. The Hall–Kier alpha value is -3.49. The predicted molar refractivity (Wildman–Crippen MR) is 123 cm³/mol. The van der Waals surface area contributed by atoms with E-state index < -0.39 is 11.5 Å². The van der Waals surface area contributed by atoms with Crippen molar-refractivity contribution in [2.45, 2.75) is 26.4 Å². The predicted octanol–water partition coefficient (Wildman–Crippen LogP) is 3.79. The molecule has 34 heavy (non-hydrogen) atoms. The second-order valence-electron chi connectivity index (χ2n) is 9.54. The molecule has 2 aromatic heterocycles. The number of nitrogens with zero attached hydrogens (tertiary/aromatic N) is 6. The number of anilines is 1. The molecular formula is C25H26F2N6O. The van der Waals surface area contributed by atoms with Crippen LogP contribution in [0.2, 0.25) is 0 Å². The Kier molecular flexibility index (Phi) is 5.50. The standard InChI is InChI=1S/C25H26F2N6O/c1-15-10-20(25(2,3)27)31-24(30-15)33-13-16-11-32(12-17(16)14-33)23(34)21-18(6-4-7-19(21)26)22-28-8-5-9-29-22/h4-10,16-17H,11-14H2,1-3H3. The average molecular weight is 465 g/mol. The van der Waals surface area contributed by atoms with Crippen molar-refractivity contribution in [2.24, 2.45) is 11.8 Å². The Bertz CT molecular complexity index is 1220. The average Bonchev–Trinajstić information content (AvgIpc) is 3.38. The minimum absolute atomic E-state index is 0.00219. The molecule has 2 unspecified atom stereocenters. The van der Waals surface area contributed by atoms with E-state index in [-0.39, 0.29) is 23.3 Å². The van der Waals surface area contributed by atoms with Crippen LogP contribution in [-0.2, 0) is 5.67 Å². The van der Waals surface area contributed by atoms with Crippen LogP contribution in [0.25, 0.3) is 11.4 Å². The van der Waals surface area contributed by atoms with E-state index in [4.69, 9.17) is 0 Å². The van der Waals surface area contributed by atoms with Crippen LogP contribution in [0.3, 0.4) is 0 Å². The maximum Gasteiger partial charge on any atom is 0.257 e. The summed E-state index contributed by atoms with van der Waals surface area (Å²) in [5.74, 6) is 0.318. The second-order valence-corrected chi connectivity index (χ2v) is 9.54. The Morgan fingerprint density at radius 3 is 2.35 bits per heavy atom. The van der Waals surface area contributed by atoms with Gasteiger partial charge in [0.2, 0.25) is 5.95 Å². The summed E-state index contributed by atoms with van der Waals surface area (Å²) in [4.78, 5) is 34.5.